The van der Waals surface area contributed by atoms with E-state index in [2.05, 4.69) is 16.9 Å². The van der Waals surface area contributed by atoms with Gasteiger partial charge in [-0.15, -0.1) is 6.58 Å². The van der Waals surface area contributed by atoms with Gasteiger partial charge in [-0.2, -0.15) is 4.31 Å². The van der Waals surface area contributed by atoms with Gasteiger partial charge in [0.2, 0.25) is 15.9 Å². The zero-order chi connectivity index (χ0) is 25.7. The highest BCUT2D eigenvalue weighted by Gasteiger charge is 2.26. The van der Waals surface area contributed by atoms with Crippen LogP contribution in [0.2, 0.25) is 5.02 Å². The Bertz CT molecular complexity index is 1450. The lowest BCUT2D eigenvalue weighted by molar-refractivity contribution is -0.113. The number of hydrogen-bond donors (Lipinski definition) is 1. The number of allylic oxidation sites excluding steroid dienone is 1. The average molecular weight is 547 g/mol. The fourth-order valence-electron chi connectivity index (χ4n) is 4.06. The Morgan fingerprint density at radius 2 is 1.86 bits per heavy atom. The van der Waals surface area contributed by atoms with Gasteiger partial charge in [0.05, 0.1) is 32.3 Å². The van der Waals surface area contributed by atoms with Crippen LogP contribution in [0.1, 0.15) is 25.7 Å². The highest BCUT2D eigenvalue weighted by molar-refractivity contribution is 7.99. The number of thioether (sulfide) groups is 1. The Balaban J connectivity index is 1.52. The van der Waals surface area contributed by atoms with Crippen molar-refractivity contribution in [3.05, 3.63) is 70.5 Å². The predicted molar refractivity (Wildman–Crippen MR) is 144 cm³/mol. The fraction of sp³-hybridized carbons (Fsp3) is 0.320. The standard InChI is InChI=1S/C25H27ClN4O4S2/c1-2-13-30-24(32)19-9-5-6-10-21(19)28-25(30)35-17-23(31)27-22-16-18(11-12-20(22)26)36(33,34)29-14-7-3-4-8-15-29/h2,5-6,9-12,16H,1,3-4,7-8,13-15,17H2,(H,27,31). The summed E-state index contributed by atoms with van der Waals surface area (Å²) < 4.78 is 29.3. The Labute approximate surface area is 219 Å². The number of sulfonamides is 1. The molecule has 11 heteroatoms. The van der Waals surface area contributed by atoms with Crippen LogP contribution in [0.4, 0.5) is 5.69 Å². The zero-order valence-electron chi connectivity index (χ0n) is 19.7. The molecule has 1 fully saturated rings. The van der Waals surface area contributed by atoms with Crippen LogP contribution in [-0.4, -0.2) is 47.0 Å². The molecule has 1 aromatic heterocycles. The number of para-hydroxylation sites is 1. The molecule has 0 unspecified atom stereocenters. The van der Waals surface area contributed by atoms with Crippen molar-refractivity contribution in [3.8, 4) is 0 Å². The van der Waals surface area contributed by atoms with E-state index in [1.165, 1.54) is 27.1 Å². The first-order valence-electron chi connectivity index (χ1n) is 11.6. The van der Waals surface area contributed by atoms with Crippen molar-refractivity contribution in [2.24, 2.45) is 0 Å². The first-order chi connectivity index (χ1) is 17.3. The van der Waals surface area contributed by atoms with E-state index in [-0.39, 0.29) is 33.5 Å². The van der Waals surface area contributed by atoms with Gasteiger partial charge in [0.15, 0.2) is 5.16 Å². The number of amides is 1. The molecule has 2 heterocycles. The van der Waals surface area contributed by atoms with Gasteiger partial charge in [0, 0.05) is 19.6 Å². The van der Waals surface area contributed by atoms with Crippen molar-refractivity contribution in [3.63, 3.8) is 0 Å². The van der Waals surface area contributed by atoms with Gasteiger partial charge in [0.25, 0.3) is 5.56 Å². The van der Waals surface area contributed by atoms with Gasteiger partial charge in [-0.05, 0) is 43.2 Å². The maximum atomic E-state index is 13.2. The molecule has 190 valence electrons. The van der Waals surface area contributed by atoms with Crippen molar-refractivity contribution in [2.75, 3.05) is 24.2 Å². The number of nitrogens with one attached hydrogen (secondary N) is 1. The van der Waals surface area contributed by atoms with E-state index in [9.17, 15) is 18.0 Å². The van der Waals surface area contributed by atoms with E-state index in [4.69, 9.17) is 11.6 Å². The predicted octanol–water partition coefficient (Wildman–Crippen LogP) is 4.53. The molecule has 0 aliphatic carbocycles. The molecular formula is C25H27ClN4O4S2. The molecule has 2 aromatic carbocycles. The molecule has 0 radical (unpaired) electrons. The summed E-state index contributed by atoms with van der Waals surface area (Å²) in [6, 6.07) is 11.3. The molecule has 0 spiro atoms. The summed E-state index contributed by atoms with van der Waals surface area (Å²) in [4.78, 5) is 30.3. The van der Waals surface area contributed by atoms with Gasteiger partial charge >= 0.3 is 0 Å². The molecule has 1 aliphatic heterocycles. The largest absolute Gasteiger partial charge is 0.324 e. The normalized spacial score (nSPS) is 14.9. The monoisotopic (exact) mass is 546 g/mol. The Kier molecular flexibility index (Phi) is 8.50. The average Bonchev–Trinajstić information content (AvgIpc) is 3.16. The number of anilines is 1. The van der Waals surface area contributed by atoms with Crippen LogP contribution in [0.25, 0.3) is 10.9 Å². The summed E-state index contributed by atoms with van der Waals surface area (Å²) in [5.74, 6) is -0.458. The van der Waals surface area contributed by atoms with Crippen molar-refractivity contribution in [2.45, 2.75) is 42.3 Å². The Morgan fingerprint density at radius 3 is 2.58 bits per heavy atom. The van der Waals surface area contributed by atoms with Crippen LogP contribution in [0.15, 0.2) is 70.0 Å². The van der Waals surface area contributed by atoms with E-state index < -0.39 is 15.9 Å². The molecule has 8 nitrogen and oxygen atoms in total. The second-order valence-corrected chi connectivity index (χ2v) is 11.7. The molecule has 0 saturated carbocycles. The van der Waals surface area contributed by atoms with E-state index in [0.717, 1.165) is 37.4 Å². The van der Waals surface area contributed by atoms with E-state index in [1.807, 2.05) is 0 Å². The van der Waals surface area contributed by atoms with Gasteiger partial charge in [-0.1, -0.05) is 54.4 Å². The summed E-state index contributed by atoms with van der Waals surface area (Å²) in [5.41, 5.74) is 0.547. The van der Waals surface area contributed by atoms with Crippen LogP contribution < -0.4 is 10.9 Å². The minimum atomic E-state index is -3.69. The van der Waals surface area contributed by atoms with Gasteiger partial charge in [-0.25, -0.2) is 13.4 Å². The van der Waals surface area contributed by atoms with Crippen molar-refractivity contribution >= 4 is 55.9 Å². The minimum Gasteiger partial charge on any atom is -0.324 e. The molecular weight excluding hydrogens is 520 g/mol. The van der Waals surface area contributed by atoms with Crippen molar-refractivity contribution < 1.29 is 13.2 Å². The number of carbonyl (C=O) groups excluding carboxylic acids is 1. The summed E-state index contributed by atoms with van der Waals surface area (Å²) in [5, 5.41) is 3.81. The fourth-order valence-corrected chi connectivity index (χ4v) is 6.57. The maximum absolute atomic E-state index is 13.2. The van der Waals surface area contributed by atoms with E-state index in [1.54, 1.807) is 30.3 Å². The Morgan fingerprint density at radius 1 is 1.14 bits per heavy atom. The molecule has 1 aliphatic rings. The SMILES string of the molecule is C=CCn1c(SCC(=O)Nc2cc(S(=O)(=O)N3CCCCCC3)ccc2Cl)nc2ccccc2c1=O. The highest BCUT2D eigenvalue weighted by Crippen LogP contribution is 2.28. The van der Waals surface area contributed by atoms with Crippen LogP contribution in [0, 0.1) is 0 Å². The van der Waals surface area contributed by atoms with E-state index in [0.29, 0.717) is 29.1 Å². The molecule has 1 amide bonds. The second-order valence-electron chi connectivity index (χ2n) is 8.41. The topological polar surface area (TPSA) is 101 Å². The van der Waals surface area contributed by atoms with Gasteiger partial charge in [0.1, 0.15) is 0 Å². The number of benzene rings is 2. The molecule has 36 heavy (non-hydrogen) atoms. The number of halogens is 1. The van der Waals surface area contributed by atoms with Crippen molar-refractivity contribution in [1.82, 2.24) is 13.9 Å². The van der Waals surface area contributed by atoms with Crippen LogP contribution >= 0.6 is 23.4 Å². The molecule has 1 N–H and O–H groups in total. The maximum Gasteiger partial charge on any atom is 0.262 e. The van der Waals surface area contributed by atoms with Crippen LogP contribution in [0.5, 0.6) is 0 Å². The molecule has 4 rings (SSSR count). The lowest BCUT2D eigenvalue weighted by Gasteiger charge is -2.20. The number of fused-ring (bicyclic) bond motifs is 1. The van der Waals surface area contributed by atoms with Gasteiger partial charge in [-0.3, -0.25) is 14.2 Å². The van der Waals surface area contributed by atoms with E-state index >= 15 is 0 Å². The second kappa shape index (κ2) is 11.6. The number of carbonyl (C=O) groups is 1. The Hall–Kier alpha value is -2.66. The minimum absolute atomic E-state index is 0.0542. The number of aromatic nitrogens is 2. The number of hydrogen-bond acceptors (Lipinski definition) is 6. The number of nitrogens with zero attached hydrogens (tertiary/aromatic N) is 3. The summed E-state index contributed by atoms with van der Waals surface area (Å²) in [6.07, 6.45) is 5.27. The summed E-state index contributed by atoms with van der Waals surface area (Å²) in [6.45, 7) is 4.92. The molecule has 3 aromatic rings. The lowest BCUT2D eigenvalue weighted by atomic mass is 10.2. The third kappa shape index (κ3) is 5.83. The third-order valence-electron chi connectivity index (χ3n) is 5.89. The lowest BCUT2D eigenvalue weighted by Crippen LogP contribution is -2.32. The molecule has 1 saturated heterocycles. The van der Waals surface area contributed by atoms with Crippen LogP contribution in [0.3, 0.4) is 0 Å². The number of rotatable bonds is 8. The van der Waals surface area contributed by atoms with Crippen LogP contribution in [-0.2, 0) is 21.4 Å². The smallest absolute Gasteiger partial charge is 0.262 e. The molecule has 0 bridgehead atoms. The summed E-state index contributed by atoms with van der Waals surface area (Å²) in [7, 11) is -3.69. The first kappa shape index (κ1) is 26.4. The zero-order valence-corrected chi connectivity index (χ0v) is 22.0. The van der Waals surface area contributed by atoms with Gasteiger partial charge < -0.3 is 5.32 Å². The third-order valence-corrected chi connectivity index (χ3v) is 9.09. The quantitative estimate of drug-likeness (QED) is 0.253. The van der Waals surface area contributed by atoms with Crippen molar-refractivity contribution in [1.29, 1.82) is 0 Å². The first-order valence-corrected chi connectivity index (χ1v) is 14.4. The highest BCUT2D eigenvalue weighted by atomic mass is 35.5. The molecule has 0 atom stereocenters. The summed E-state index contributed by atoms with van der Waals surface area (Å²) >= 11 is 7.38.